The number of benzene rings is 2. The summed E-state index contributed by atoms with van der Waals surface area (Å²) in [4.78, 5) is 12.2. The first kappa shape index (κ1) is 18.2. The second-order valence-corrected chi connectivity index (χ2v) is 6.26. The quantitative estimate of drug-likeness (QED) is 0.754. The van der Waals surface area contributed by atoms with Gasteiger partial charge in [-0.3, -0.25) is 10.1 Å². The standard InChI is InChI=1S/C20H22ClNO2/c1-20(19(23)24-2,14-6-9-16-7-4-3-5-8-16)22-15-17-10-12-18(21)13-11-17/h3-13,22H,14-15H2,1-2H3/b9-6+/t20-/m0/s1. The molecule has 0 bridgehead atoms. The van der Waals surface area contributed by atoms with Crippen molar-refractivity contribution in [2.24, 2.45) is 0 Å². The summed E-state index contributed by atoms with van der Waals surface area (Å²) in [5, 5.41) is 3.99. The van der Waals surface area contributed by atoms with E-state index in [9.17, 15) is 4.79 Å². The minimum atomic E-state index is -0.792. The number of rotatable bonds is 7. The summed E-state index contributed by atoms with van der Waals surface area (Å²) in [5.74, 6) is -0.283. The van der Waals surface area contributed by atoms with Crippen LogP contribution in [0.25, 0.3) is 6.08 Å². The number of ether oxygens (including phenoxy) is 1. The van der Waals surface area contributed by atoms with Gasteiger partial charge in [0.2, 0.25) is 0 Å². The Labute approximate surface area is 148 Å². The molecule has 0 saturated carbocycles. The van der Waals surface area contributed by atoms with Crippen LogP contribution >= 0.6 is 11.6 Å². The predicted molar refractivity (Wildman–Crippen MR) is 98.8 cm³/mol. The minimum Gasteiger partial charge on any atom is -0.468 e. The smallest absolute Gasteiger partial charge is 0.326 e. The van der Waals surface area contributed by atoms with Gasteiger partial charge in [-0.25, -0.2) is 0 Å². The Morgan fingerprint density at radius 1 is 1.17 bits per heavy atom. The molecule has 4 heteroatoms. The number of esters is 1. The van der Waals surface area contributed by atoms with E-state index in [2.05, 4.69) is 5.32 Å². The maximum absolute atomic E-state index is 12.2. The third kappa shape index (κ3) is 5.22. The number of hydrogen-bond acceptors (Lipinski definition) is 3. The highest BCUT2D eigenvalue weighted by atomic mass is 35.5. The Hall–Kier alpha value is -2.10. The van der Waals surface area contributed by atoms with Gasteiger partial charge in [-0.2, -0.15) is 0 Å². The van der Waals surface area contributed by atoms with E-state index < -0.39 is 5.54 Å². The molecule has 0 spiro atoms. The van der Waals surface area contributed by atoms with Crippen molar-refractivity contribution in [2.45, 2.75) is 25.4 Å². The number of carbonyl (C=O) groups is 1. The van der Waals surface area contributed by atoms with Crippen LogP contribution < -0.4 is 5.32 Å². The molecule has 2 aromatic rings. The minimum absolute atomic E-state index is 0.283. The fraction of sp³-hybridized carbons (Fsp3) is 0.250. The number of hydrogen-bond donors (Lipinski definition) is 1. The van der Waals surface area contributed by atoms with Gasteiger partial charge in [-0.1, -0.05) is 66.2 Å². The van der Waals surface area contributed by atoms with E-state index in [0.29, 0.717) is 18.0 Å². The van der Waals surface area contributed by atoms with Gasteiger partial charge in [0.1, 0.15) is 5.54 Å². The molecule has 0 unspecified atom stereocenters. The van der Waals surface area contributed by atoms with Gasteiger partial charge in [0.15, 0.2) is 0 Å². The lowest BCUT2D eigenvalue weighted by atomic mass is 9.96. The zero-order valence-electron chi connectivity index (χ0n) is 14.0. The Kier molecular flexibility index (Phi) is 6.59. The van der Waals surface area contributed by atoms with Gasteiger partial charge in [-0.15, -0.1) is 0 Å². The van der Waals surface area contributed by atoms with Crippen LogP contribution in [0.3, 0.4) is 0 Å². The van der Waals surface area contributed by atoms with Gasteiger partial charge >= 0.3 is 5.97 Å². The Morgan fingerprint density at radius 3 is 2.46 bits per heavy atom. The highest BCUT2D eigenvalue weighted by Crippen LogP contribution is 2.16. The van der Waals surface area contributed by atoms with Crippen LogP contribution in [0.15, 0.2) is 60.7 Å². The molecule has 0 aliphatic rings. The van der Waals surface area contributed by atoms with E-state index in [-0.39, 0.29) is 5.97 Å². The van der Waals surface area contributed by atoms with E-state index >= 15 is 0 Å². The van der Waals surface area contributed by atoms with Crippen molar-refractivity contribution in [2.75, 3.05) is 7.11 Å². The maximum atomic E-state index is 12.2. The molecule has 126 valence electrons. The molecule has 2 rings (SSSR count). The molecule has 1 atom stereocenters. The van der Waals surface area contributed by atoms with Crippen LogP contribution in [-0.4, -0.2) is 18.6 Å². The van der Waals surface area contributed by atoms with Gasteiger partial charge < -0.3 is 4.74 Å². The van der Waals surface area contributed by atoms with Crippen LogP contribution in [0.1, 0.15) is 24.5 Å². The van der Waals surface area contributed by atoms with E-state index in [4.69, 9.17) is 16.3 Å². The van der Waals surface area contributed by atoms with Crippen molar-refractivity contribution in [3.63, 3.8) is 0 Å². The molecule has 0 aliphatic heterocycles. The monoisotopic (exact) mass is 343 g/mol. The van der Waals surface area contributed by atoms with Crippen LogP contribution in [-0.2, 0) is 16.1 Å². The lowest BCUT2D eigenvalue weighted by molar-refractivity contribution is -0.147. The Balaban J connectivity index is 2.03. The van der Waals surface area contributed by atoms with E-state index in [1.807, 2.05) is 73.7 Å². The largest absolute Gasteiger partial charge is 0.468 e. The molecule has 0 amide bonds. The summed E-state index contributed by atoms with van der Waals surface area (Å²) in [6, 6.07) is 17.5. The van der Waals surface area contributed by atoms with Crippen molar-refractivity contribution in [3.8, 4) is 0 Å². The van der Waals surface area contributed by atoms with Gasteiger partial charge in [0, 0.05) is 11.6 Å². The SMILES string of the molecule is COC(=O)[C@](C)(C/C=C/c1ccccc1)NCc1ccc(Cl)cc1. The first-order valence-electron chi connectivity index (χ1n) is 7.83. The second kappa shape index (κ2) is 8.67. The lowest BCUT2D eigenvalue weighted by Crippen LogP contribution is -2.49. The lowest BCUT2D eigenvalue weighted by Gasteiger charge is -2.27. The molecule has 2 aromatic carbocycles. The molecule has 0 radical (unpaired) electrons. The van der Waals surface area contributed by atoms with Crippen LogP contribution in [0.2, 0.25) is 5.02 Å². The van der Waals surface area contributed by atoms with Crippen molar-refractivity contribution in [1.82, 2.24) is 5.32 Å². The average Bonchev–Trinajstić information content (AvgIpc) is 2.61. The summed E-state index contributed by atoms with van der Waals surface area (Å²) in [7, 11) is 1.41. The number of nitrogens with one attached hydrogen (secondary N) is 1. The molecule has 0 heterocycles. The highest BCUT2D eigenvalue weighted by molar-refractivity contribution is 6.30. The molecule has 0 aliphatic carbocycles. The van der Waals surface area contributed by atoms with Crippen molar-refractivity contribution in [1.29, 1.82) is 0 Å². The average molecular weight is 344 g/mol. The molecule has 3 nitrogen and oxygen atoms in total. The Bertz CT molecular complexity index is 683. The molecule has 0 fully saturated rings. The van der Waals surface area contributed by atoms with Crippen LogP contribution in [0.5, 0.6) is 0 Å². The maximum Gasteiger partial charge on any atom is 0.326 e. The van der Waals surface area contributed by atoms with Crippen molar-refractivity contribution >= 4 is 23.6 Å². The fourth-order valence-corrected chi connectivity index (χ4v) is 2.47. The first-order valence-corrected chi connectivity index (χ1v) is 8.21. The number of halogens is 1. The summed E-state index contributed by atoms with van der Waals surface area (Å²) in [5.41, 5.74) is 1.36. The molecule has 24 heavy (non-hydrogen) atoms. The summed E-state index contributed by atoms with van der Waals surface area (Å²) >= 11 is 5.90. The first-order chi connectivity index (χ1) is 11.5. The third-order valence-corrected chi connectivity index (χ3v) is 4.12. The number of methoxy groups -OCH3 is 1. The molecular weight excluding hydrogens is 322 g/mol. The van der Waals surface area contributed by atoms with Crippen LogP contribution in [0, 0.1) is 0 Å². The Morgan fingerprint density at radius 2 is 1.83 bits per heavy atom. The summed E-state index contributed by atoms with van der Waals surface area (Å²) in [6.45, 7) is 2.41. The van der Waals surface area contributed by atoms with E-state index in [1.165, 1.54) is 7.11 Å². The summed E-state index contributed by atoms with van der Waals surface area (Å²) in [6.07, 6.45) is 4.52. The van der Waals surface area contributed by atoms with E-state index in [0.717, 1.165) is 11.1 Å². The molecule has 0 saturated heterocycles. The third-order valence-electron chi connectivity index (χ3n) is 3.87. The van der Waals surface area contributed by atoms with Crippen LogP contribution in [0.4, 0.5) is 0 Å². The van der Waals surface area contributed by atoms with Crippen molar-refractivity contribution in [3.05, 3.63) is 76.8 Å². The molecule has 1 N–H and O–H groups in total. The van der Waals surface area contributed by atoms with Gasteiger partial charge in [0.25, 0.3) is 0 Å². The second-order valence-electron chi connectivity index (χ2n) is 5.82. The predicted octanol–water partition coefficient (Wildman–Crippen LogP) is 4.46. The van der Waals surface area contributed by atoms with Gasteiger partial charge in [0.05, 0.1) is 7.11 Å². The zero-order valence-corrected chi connectivity index (χ0v) is 14.7. The van der Waals surface area contributed by atoms with E-state index in [1.54, 1.807) is 0 Å². The number of carbonyl (C=O) groups excluding carboxylic acids is 1. The normalized spacial score (nSPS) is 13.6. The molecule has 0 aromatic heterocycles. The zero-order chi connectivity index (χ0) is 17.4. The topological polar surface area (TPSA) is 38.3 Å². The molecular formula is C20H22ClNO2. The van der Waals surface area contributed by atoms with Gasteiger partial charge in [-0.05, 0) is 36.6 Å². The fourth-order valence-electron chi connectivity index (χ4n) is 2.35. The van der Waals surface area contributed by atoms with Crippen molar-refractivity contribution < 1.29 is 9.53 Å². The highest BCUT2D eigenvalue weighted by Gasteiger charge is 2.32. The summed E-state index contributed by atoms with van der Waals surface area (Å²) < 4.78 is 4.97.